The minimum absolute atomic E-state index is 0.325. The van der Waals surface area contributed by atoms with Crippen LogP contribution in [0.3, 0.4) is 0 Å². The van der Waals surface area contributed by atoms with Crippen LogP contribution in [0.1, 0.15) is 24.4 Å². The molecule has 1 fully saturated rings. The second-order valence-electron chi connectivity index (χ2n) is 7.08. The first-order chi connectivity index (χ1) is 13.4. The molecule has 1 atom stereocenters. The molecule has 1 aliphatic carbocycles. The van der Waals surface area contributed by atoms with Gasteiger partial charge in [0.25, 0.3) is 0 Å². The zero-order valence-electron chi connectivity index (χ0n) is 15.2. The Morgan fingerprint density at radius 3 is 2.33 bits per heavy atom. The maximum absolute atomic E-state index is 5.05. The van der Waals surface area contributed by atoms with Crippen LogP contribution >= 0.6 is 11.8 Å². The molecular weight excluding hydrogens is 350 g/mol. The Labute approximate surface area is 163 Å². The van der Waals surface area contributed by atoms with Crippen molar-refractivity contribution in [2.24, 2.45) is 5.92 Å². The lowest BCUT2D eigenvalue weighted by Gasteiger charge is -2.21. The van der Waals surface area contributed by atoms with E-state index in [1.54, 1.807) is 11.8 Å². The molecule has 0 saturated heterocycles. The minimum atomic E-state index is 0.325. The van der Waals surface area contributed by atoms with Gasteiger partial charge in [0.05, 0.1) is 17.8 Å². The number of nitrogens with zero attached hydrogens (tertiary/aromatic N) is 3. The number of aromatic nitrogens is 3. The van der Waals surface area contributed by atoms with Gasteiger partial charge in [-0.2, -0.15) is 0 Å². The van der Waals surface area contributed by atoms with E-state index in [4.69, 9.17) is 4.98 Å². The quantitative estimate of drug-likeness (QED) is 0.414. The van der Waals surface area contributed by atoms with Gasteiger partial charge in [-0.3, -0.25) is 4.98 Å². The van der Waals surface area contributed by atoms with Crippen molar-refractivity contribution in [2.75, 3.05) is 6.26 Å². The summed E-state index contributed by atoms with van der Waals surface area (Å²) in [7, 11) is 0. The third kappa shape index (κ3) is 2.94. The normalized spacial score (nSPS) is 15.1. The molecular formula is C23H21N3S. The Kier molecular flexibility index (Phi) is 4.21. The molecule has 5 rings (SSSR count). The highest BCUT2D eigenvalue weighted by Crippen LogP contribution is 2.46. The molecule has 0 N–H and O–H groups in total. The average Bonchev–Trinajstić information content (AvgIpc) is 3.50. The number of rotatable bonds is 5. The van der Waals surface area contributed by atoms with Gasteiger partial charge in [0.15, 0.2) is 5.16 Å². The van der Waals surface area contributed by atoms with Crippen molar-refractivity contribution in [1.29, 1.82) is 0 Å². The fourth-order valence-electron chi connectivity index (χ4n) is 3.93. The number of fused-ring (bicyclic) bond motifs is 1. The van der Waals surface area contributed by atoms with Crippen LogP contribution in [0.4, 0.5) is 0 Å². The zero-order valence-corrected chi connectivity index (χ0v) is 16.1. The van der Waals surface area contributed by atoms with Gasteiger partial charge < -0.3 is 4.57 Å². The number of pyridine rings is 1. The Bertz CT molecular complexity index is 1070. The summed E-state index contributed by atoms with van der Waals surface area (Å²) in [6.45, 7) is 0. The van der Waals surface area contributed by atoms with Gasteiger partial charge in [-0.25, -0.2) is 4.98 Å². The molecule has 2 aromatic heterocycles. The Morgan fingerprint density at radius 1 is 0.963 bits per heavy atom. The minimum Gasteiger partial charge on any atom is -0.310 e. The number of benzene rings is 2. The molecule has 0 amide bonds. The molecule has 3 nitrogen and oxygen atoms in total. The van der Waals surface area contributed by atoms with E-state index in [1.807, 2.05) is 18.5 Å². The molecule has 4 aromatic rings. The summed E-state index contributed by atoms with van der Waals surface area (Å²) in [5.74, 6) is 0.677. The van der Waals surface area contributed by atoms with Crippen LogP contribution in [0.2, 0.25) is 0 Å². The highest BCUT2D eigenvalue weighted by atomic mass is 32.2. The summed E-state index contributed by atoms with van der Waals surface area (Å²) < 4.78 is 2.42. The van der Waals surface area contributed by atoms with Gasteiger partial charge in [0.1, 0.15) is 5.52 Å². The summed E-state index contributed by atoms with van der Waals surface area (Å²) in [4.78, 5) is 9.63. The van der Waals surface area contributed by atoms with Gasteiger partial charge in [-0.05, 0) is 36.1 Å². The third-order valence-corrected chi connectivity index (χ3v) is 5.98. The van der Waals surface area contributed by atoms with Crippen molar-refractivity contribution < 1.29 is 0 Å². The lowest BCUT2D eigenvalue weighted by atomic mass is 10.0. The number of hydrogen-bond acceptors (Lipinski definition) is 3. The Balaban J connectivity index is 1.75. The van der Waals surface area contributed by atoms with Crippen LogP contribution in [-0.2, 0) is 0 Å². The number of imidazole rings is 1. The Morgan fingerprint density at radius 2 is 1.67 bits per heavy atom. The van der Waals surface area contributed by atoms with E-state index in [2.05, 4.69) is 70.4 Å². The second kappa shape index (κ2) is 6.86. The number of thioether (sulfide) groups is 1. The lowest BCUT2D eigenvalue weighted by molar-refractivity contribution is 0.497. The molecule has 1 aliphatic rings. The molecule has 1 unspecified atom stereocenters. The first-order valence-electron chi connectivity index (χ1n) is 9.37. The summed E-state index contributed by atoms with van der Waals surface area (Å²) in [5.41, 5.74) is 5.80. The van der Waals surface area contributed by atoms with Crippen molar-refractivity contribution >= 4 is 22.8 Å². The maximum atomic E-state index is 5.05. The van der Waals surface area contributed by atoms with E-state index in [0.29, 0.717) is 12.0 Å². The van der Waals surface area contributed by atoms with Crippen LogP contribution in [0.5, 0.6) is 0 Å². The first kappa shape index (κ1) is 16.6. The summed E-state index contributed by atoms with van der Waals surface area (Å²) in [6.07, 6.45) is 8.58. The lowest BCUT2D eigenvalue weighted by Crippen LogP contribution is -2.14. The van der Waals surface area contributed by atoms with Gasteiger partial charge >= 0.3 is 0 Å². The van der Waals surface area contributed by atoms with Gasteiger partial charge in [0, 0.05) is 11.8 Å². The SMILES string of the molecule is CSc1nc2c(-c3ccccc3)cncc2n1C(c1ccccc1)C1CC1. The summed E-state index contributed by atoms with van der Waals surface area (Å²) in [5, 5.41) is 1.07. The van der Waals surface area contributed by atoms with Crippen molar-refractivity contribution in [1.82, 2.24) is 14.5 Å². The van der Waals surface area contributed by atoms with Crippen LogP contribution in [-0.4, -0.2) is 20.8 Å². The van der Waals surface area contributed by atoms with Crippen LogP contribution in [0.15, 0.2) is 78.2 Å². The van der Waals surface area contributed by atoms with E-state index >= 15 is 0 Å². The van der Waals surface area contributed by atoms with Crippen molar-refractivity contribution in [3.8, 4) is 11.1 Å². The zero-order chi connectivity index (χ0) is 18.2. The van der Waals surface area contributed by atoms with Crippen LogP contribution in [0.25, 0.3) is 22.2 Å². The van der Waals surface area contributed by atoms with E-state index in [0.717, 1.165) is 27.3 Å². The topological polar surface area (TPSA) is 30.7 Å². The highest BCUT2D eigenvalue weighted by molar-refractivity contribution is 7.98. The van der Waals surface area contributed by atoms with E-state index < -0.39 is 0 Å². The first-order valence-corrected chi connectivity index (χ1v) is 10.6. The predicted octanol–water partition coefficient (Wildman–Crippen LogP) is 5.82. The monoisotopic (exact) mass is 371 g/mol. The predicted molar refractivity (Wildman–Crippen MR) is 112 cm³/mol. The van der Waals surface area contributed by atoms with Gasteiger partial charge in [-0.1, -0.05) is 72.4 Å². The van der Waals surface area contributed by atoms with E-state index in [1.165, 1.54) is 18.4 Å². The smallest absolute Gasteiger partial charge is 0.169 e. The summed E-state index contributed by atoms with van der Waals surface area (Å²) in [6, 6.07) is 21.6. The molecule has 1 saturated carbocycles. The van der Waals surface area contributed by atoms with Gasteiger partial charge in [0.2, 0.25) is 0 Å². The molecule has 0 aliphatic heterocycles. The third-order valence-electron chi connectivity index (χ3n) is 5.33. The fourth-order valence-corrected chi connectivity index (χ4v) is 4.52. The Hall–Kier alpha value is -2.59. The molecule has 0 bridgehead atoms. The largest absolute Gasteiger partial charge is 0.310 e. The molecule has 0 spiro atoms. The average molecular weight is 372 g/mol. The molecule has 4 heteroatoms. The number of hydrogen-bond donors (Lipinski definition) is 0. The second-order valence-corrected chi connectivity index (χ2v) is 7.86. The molecule has 0 radical (unpaired) electrons. The standard InChI is InChI=1S/C23H21N3S/c1-27-23-25-21-19(16-8-4-2-5-9-16)14-24-15-20(21)26(23)22(18-12-13-18)17-10-6-3-7-11-17/h2-11,14-15,18,22H,12-13H2,1H3. The molecule has 27 heavy (non-hydrogen) atoms. The van der Waals surface area contributed by atoms with Crippen LogP contribution < -0.4 is 0 Å². The summed E-state index contributed by atoms with van der Waals surface area (Å²) >= 11 is 1.72. The van der Waals surface area contributed by atoms with E-state index in [-0.39, 0.29) is 0 Å². The van der Waals surface area contributed by atoms with E-state index in [9.17, 15) is 0 Å². The van der Waals surface area contributed by atoms with Crippen LogP contribution in [0, 0.1) is 5.92 Å². The van der Waals surface area contributed by atoms with Crippen molar-refractivity contribution in [3.05, 3.63) is 78.6 Å². The fraction of sp³-hybridized carbons (Fsp3) is 0.217. The van der Waals surface area contributed by atoms with Crippen molar-refractivity contribution in [2.45, 2.75) is 24.0 Å². The molecule has 2 aromatic carbocycles. The molecule has 134 valence electrons. The highest BCUT2D eigenvalue weighted by Gasteiger charge is 2.36. The molecule has 2 heterocycles. The maximum Gasteiger partial charge on any atom is 0.169 e. The van der Waals surface area contributed by atoms with Crippen molar-refractivity contribution in [3.63, 3.8) is 0 Å². The van der Waals surface area contributed by atoms with Gasteiger partial charge in [-0.15, -0.1) is 0 Å².